The second-order valence-electron chi connectivity index (χ2n) is 4.46. The van der Waals surface area contributed by atoms with Crippen LogP contribution >= 0.6 is 0 Å². The molecular weight excluding hydrogens is 294 g/mol. The summed E-state index contributed by atoms with van der Waals surface area (Å²) in [4.78, 5) is 10.1. The number of hydrogen-bond donors (Lipinski definition) is 1. The first-order valence-electron chi connectivity index (χ1n) is 6.10. The van der Waals surface area contributed by atoms with Crippen molar-refractivity contribution in [2.75, 3.05) is 5.75 Å². The topological polar surface area (TPSA) is 97.5 Å². The van der Waals surface area contributed by atoms with E-state index in [0.717, 1.165) is 0 Å². The zero-order chi connectivity index (χ0) is 15.5. The van der Waals surface area contributed by atoms with Crippen LogP contribution in [0.3, 0.4) is 0 Å². The number of aliphatic hydroxyl groups excluding tert-OH is 1. The van der Waals surface area contributed by atoms with E-state index in [0.29, 0.717) is 5.56 Å². The van der Waals surface area contributed by atoms with Crippen LogP contribution < -0.4 is 0 Å². The minimum atomic E-state index is -3.62. The molecule has 110 valence electrons. The Morgan fingerprint density at radius 2 is 1.62 bits per heavy atom. The summed E-state index contributed by atoms with van der Waals surface area (Å²) in [5.74, 6) is -0.477. The van der Waals surface area contributed by atoms with E-state index in [1.165, 1.54) is 36.4 Å². The highest BCUT2D eigenvalue weighted by Crippen LogP contribution is 2.21. The molecule has 6 nitrogen and oxygen atoms in total. The first-order valence-corrected chi connectivity index (χ1v) is 7.75. The number of aliphatic hydroxyl groups is 1. The molecular formula is C14H13NO5S. The third-order valence-electron chi connectivity index (χ3n) is 2.97. The average molecular weight is 307 g/mol. The van der Waals surface area contributed by atoms with Gasteiger partial charge in [-0.05, 0) is 29.8 Å². The first-order chi connectivity index (χ1) is 9.90. The van der Waals surface area contributed by atoms with E-state index in [1.54, 1.807) is 18.2 Å². The maximum Gasteiger partial charge on any atom is 0.269 e. The zero-order valence-electron chi connectivity index (χ0n) is 10.9. The summed E-state index contributed by atoms with van der Waals surface area (Å²) in [5, 5.41) is 20.5. The van der Waals surface area contributed by atoms with Crippen molar-refractivity contribution in [3.05, 3.63) is 70.3 Å². The van der Waals surface area contributed by atoms with E-state index in [2.05, 4.69) is 0 Å². The van der Waals surface area contributed by atoms with Crippen molar-refractivity contribution in [3.63, 3.8) is 0 Å². The molecule has 2 rings (SSSR count). The molecule has 1 atom stereocenters. The summed E-state index contributed by atoms with van der Waals surface area (Å²) in [5.41, 5.74) is 0.206. The standard InChI is InChI=1S/C14H13NO5S/c16-14(11-6-8-12(9-7-11)15(17)18)10-21(19,20)13-4-2-1-3-5-13/h1-9,14,16H,10H2. The predicted octanol–water partition coefficient (Wildman–Crippen LogP) is 2.10. The lowest BCUT2D eigenvalue weighted by molar-refractivity contribution is -0.384. The number of benzene rings is 2. The Morgan fingerprint density at radius 3 is 2.14 bits per heavy atom. The third-order valence-corrected chi connectivity index (χ3v) is 4.71. The van der Waals surface area contributed by atoms with E-state index in [9.17, 15) is 23.6 Å². The van der Waals surface area contributed by atoms with Crippen LogP contribution in [0, 0.1) is 10.1 Å². The van der Waals surface area contributed by atoms with E-state index in [-0.39, 0.29) is 10.6 Å². The molecule has 0 saturated heterocycles. The average Bonchev–Trinajstić information content (AvgIpc) is 2.48. The minimum Gasteiger partial charge on any atom is -0.387 e. The van der Waals surface area contributed by atoms with Crippen molar-refractivity contribution < 1.29 is 18.4 Å². The number of non-ortho nitro benzene ring substituents is 1. The lowest BCUT2D eigenvalue weighted by Crippen LogP contribution is -2.14. The van der Waals surface area contributed by atoms with E-state index in [1.807, 2.05) is 0 Å². The molecule has 0 aliphatic heterocycles. The second kappa shape index (κ2) is 6.02. The lowest BCUT2D eigenvalue weighted by atomic mass is 10.1. The van der Waals surface area contributed by atoms with Crippen LogP contribution in [0.2, 0.25) is 0 Å². The summed E-state index contributed by atoms with van der Waals surface area (Å²) < 4.78 is 24.2. The van der Waals surface area contributed by atoms with Crippen LogP contribution in [0.1, 0.15) is 11.7 Å². The normalized spacial score (nSPS) is 12.8. The van der Waals surface area contributed by atoms with Gasteiger partial charge in [-0.25, -0.2) is 8.42 Å². The van der Waals surface area contributed by atoms with E-state index < -0.39 is 26.6 Å². The van der Waals surface area contributed by atoms with Gasteiger partial charge in [0.1, 0.15) is 0 Å². The van der Waals surface area contributed by atoms with Crippen LogP contribution in [-0.4, -0.2) is 24.2 Å². The van der Waals surface area contributed by atoms with Gasteiger partial charge in [-0.15, -0.1) is 0 Å². The highest BCUT2D eigenvalue weighted by molar-refractivity contribution is 7.91. The molecule has 0 amide bonds. The maximum atomic E-state index is 12.1. The monoisotopic (exact) mass is 307 g/mol. The largest absolute Gasteiger partial charge is 0.387 e. The van der Waals surface area contributed by atoms with Gasteiger partial charge in [0, 0.05) is 12.1 Å². The predicted molar refractivity (Wildman–Crippen MR) is 76.6 cm³/mol. The molecule has 1 unspecified atom stereocenters. The fourth-order valence-corrected chi connectivity index (χ4v) is 3.22. The molecule has 2 aromatic rings. The molecule has 0 aliphatic rings. The number of nitrogens with zero attached hydrogens (tertiary/aromatic N) is 1. The summed E-state index contributed by atoms with van der Waals surface area (Å²) >= 11 is 0. The molecule has 0 fully saturated rings. The summed E-state index contributed by atoms with van der Waals surface area (Å²) in [7, 11) is -3.62. The fourth-order valence-electron chi connectivity index (χ4n) is 1.85. The molecule has 1 N–H and O–H groups in total. The summed E-state index contributed by atoms with van der Waals surface area (Å²) in [6.07, 6.45) is -1.24. The SMILES string of the molecule is O=[N+]([O-])c1ccc(C(O)CS(=O)(=O)c2ccccc2)cc1. The smallest absolute Gasteiger partial charge is 0.269 e. The number of nitro benzene ring substituents is 1. The Hall–Kier alpha value is -2.25. The highest BCUT2D eigenvalue weighted by atomic mass is 32.2. The van der Waals surface area contributed by atoms with Crippen molar-refractivity contribution in [2.45, 2.75) is 11.0 Å². The first kappa shape index (κ1) is 15.1. The third kappa shape index (κ3) is 3.65. The Labute approximate surface area is 121 Å². The summed E-state index contributed by atoms with van der Waals surface area (Å²) in [6, 6.07) is 13.0. The van der Waals surface area contributed by atoms with Gasteiger partial charge in [-0.2, -0.15) is 0 Å². The number of hydrogen-bond acceptors (Lipinski definition) is 5. The Bertz CT molecular complexity index is 726. The molecule has 0 radical (unpaired) electrons. The van der Waals surface area contributed by atoms with Crippen molar-refractivity contribution in [2.24, 2.45) is 0 Å². The number of sulfone groups is 1. The lowest BCUT2D eigenvalue weighted by Gasteiger charge is -2.11. The second-order valence-corrected chi connectivity index (χ2v) is 6.49. The summed E-state index contributed by atoms with van der Waals surface area (Å²) in [6.45, 7) is 0. The molecule has 0 saturated carbocycles. The van der Waals surface area contributed by atoms with Crippen molar-refractivity contribution in [3.8, 4) is 0 Å². The molecule has 0 spiro atoms. The van der Waals surface area contributed by atoms with Crippen molar-refractivity contribution >= 4 is 15.5 Å². The van der Waals surface area contributed by atoms with E-state index in [4.69, 9.17) is 0 Å². The number of rotatable bonds is 5. The molecule has 7 heteroatoms. The molecule has 0 aliphatic carbocycles. The number of nitro groups is 1. The van der Waals surface area contributed by atoms with E-state index >= 15 is 0 Å². The molecule has 0 bridgehead atoms. The van der Waals surface area contributed by atoms with Gasteiger partial charge in [-0.3, -0.25) is 10.1 Å². The van der Waals surface area contributed by atoms with Crippen molar-refractivity contribution in [1.82, 2.24) is 0 Å². The Balaban J connectivity index is 2.18. The van der Waals surface area contributed by atoms with Gasteiger partial charge < -0.3 is 5.11 Å². The van der Waals surface area contributed by atoms with Gasteiger partial charge in [0.05, 0.1) is 21.7 Å². The van der Waals surface area contributed by atoms with Gasteiger partial charge in [0.15, 0.2) is 9.84 Å². The van der Waals surface area contributed by atoms with Crippen LogP contribution in [0.5, 0.6) is 0 Å². The van der Waals surface area contributed by atoms with Crippen LogP contribution in [0.25, 0.3) is 0 Å². The quantitative estimate of drug-likeness (QED) is 0.674. The Morgan fingerprint density at radius 1 is 1.05 bits per heavy atom. The van der Waals surface area contributed by atoms with Gasteiger partial charge in [-0.1, -0.05) is 18.2 Å². The minimum absolute atomic E-state index is 0.114. The zero-order valence-corrected chi connectivity index (χ0v) is 11.7. The molecule has 0 aromatic heterocycles. The van der Waals surface area contributed by atoms with Crippen LogP contribution in [-0.2, 0) is 9.84 Å². The Kier molecular flexibility index (Phi) is 4.35. The van der Waals surface area contributed by atoms with Crippen LogP contribution in [0.15, 0.2) is 59.5 Å². The van der Waals surface area contributed by atoms with Gasteiger partial charge in [0.25, 0.3) is 5.69 Å². The highest BCUT2D eigenvalue weighted by Gasteiger charge is 2.21. The maximum absolute atomic E-state index is 12.1. The van der Waals surface area contributed by atoms with Gasteiger partial charge >= 0.3 is 0 Å². The fraction of sp³-hybridized carbons (Fsp3) is 0.143. The molecule has 0 heterocycles. The van der Waals surface area contributed by atoms with Crippen LogP contribution in [0.4, 0.5) is 5.69 Å². The molecule has 21 heavy (non-hydrogen) atoms. The van der Waals surface area contributed by atoms with Gasteiger partial charge in [0.2, 0.25) is 0 Å². The molecule has 2 aromatic carbocycles. The van der Waals surface area contributed by atoms with Crippen molar-refractivity contribution in [1.29, 1.82) is 0 Å².